The molecular weight excluding hydrogens is 898 g/mol. The first-order valence-corrected chi connectivity index (χ1v) is 29.2. The molecule has 0 saturated heterocycles. The topological polar surface area (TPSA) is 226 Å². The van der Waals surface area contributed by atoms with Crippen LogP contribution in [0.25, 0.3) is 0 Å². The maximum atomic E-state index is 13.1. The molecule has 0 radical (unpaired) electrons. The lowest BCUT2D eigenvalue weighted by molar-refractivity contribution is -0.220. The number of nitrogens with one attached hydrogen (secondary N) is 1. The minimum atomic E-state index is -5.16. The molecule has 0 heterocycles. The lowest BCUT2D eigenvalue weighted by Crippen LogP contribution is -2.64. The lowest BCUT2D eigenvalue weighted by Gasteiger charge is -2.41. The van der Waals surface area contributed by atoms with E-state index in [2.05, 4.69) is 55.6 Å². The average Bonchev–Trinajstić information content (AvgIpc) is 3.32. The summed E-state index contributed by atoms with van der Waals surface area (Å²) in [6, 6.07) is -1.27. The van der Waals surface area contributed by atoms with E-state index in [1.807, 2.05) is 0 Å². The molecule has 1 aliphatic carbocycles. The van der Waals surface area contributed by atoms with E-state index in [9.17, 15) is 50.0 Å². The van der Waals surface area contributed by atoms with Crippen molar-refractivity contribution < 1.29 is 59.0 Å². The SMILES string of the molecule is CCCCCCCCCCC/C=C\CCCCCCCC(O)CC(=O)NC(COP(=O)(O)OC1C(O)C(O)C(O)C(O)C1O)C(O)/C=C/CC/C=C/CC/C=C/CCCCCCCCCCCCC. The van der Waals surface area contributed by atoms with Gasteiger partial charge in [-0.2, -0.15) is 0 Å². The molecule has 0 bridgehead atoms. The maximum Gasteiger partial charge on any atom is 0.472 e. The van der Waals surface area contributed by atoms with E-state index >= 15 is 0 Å². The molecule has 0 aliphatic heterocycles. The Morgan fingerprint density at radius 2 is 0.855 bits per heavy atom. The van der Waals surface area contributed by atoms with Gasteiger partial charge in [0.25, 0.3) is 0 Å². The third-order valence-corrected chi connectivity index (χ3v) is 14.1. The molecule has 1 amide bonds. The molecule has 1 fully saturated rings. The highest BCUT2D eigenvalue weighted by atomic mass is 31.2. The summed E-state index contributed by atoms with van der Waals surface area (Å²) >= 11 is 0. The predicted octanol–water partition coefficient (Wildman–Crippen LogP) is 11.0. The molecule has 0 spiro atoms. The van der Waals surface area contributed by atoms with Crippen molar-refractivity contribution in [2.24, 2.45) is 0 Å². The number of aliphatic hydroxyl groups is 7. The van der Waals surface area contributed by atoms with Crippen molar-refractivity contribution in [3.8, 4) is 0 Å². The molecule has 0 aromatic rings. The molecule has 8 unspecified atom stereocenters. The zero-order chi connectivity index (χ0) is 50.8. The fourth-order valence-electron chi connectivity index (χ4n) is 8.62. The van der Waals surface area contributed by atoms with Gasteiger partial charge < -0.3 is 46.0 Å². The Labute approximate surface area is 419 Å². The largest absolute Gasteiger partial charge is 0.472 e. The highest BCUT2D eigenvalue weighted by Crippen LogP contribution is 2.47. The van der Waals surface area contributed by atoms with Crippen molar-refractivity contribution in [2.45, 2.75) is 287 Å². The molecule has 0 aromatic carbocycles. The van der Waals surface area contributed by atoms with Crippen molar-refractivity contribution in [1.29, 1.82) is 0 Å². The van der Waals surface area contributed by atoms with Crippen LogP contribution < -0.4 is 5.32 Å². The Bertz CT molecular complexity index is 1360. The second kappa shape index (κ2) is 43.8. The van der Waals surface area contributed by atoms with E-state index in [1.54, 1.807) is 6.08 Å². The molecule has 13 nitrogen and oxygen atoms in total. The quantitative estimate of drug-likeness (QED) is 0.0158. The van der Waals surface area contributed by atoms with E-state index in [-0.39, 0.29) is 6.42 Å². The summed E-state index contributed by atoms with van der Waals surface area (Å²) in [5.41, 5.74) is 0. The number of allylic oxidation sites excluding steroid dienone is 7. The van der Waals surface area contributed by atoms with Gasteiger partial charge in [-0.25, -0.2) is 4.57 Å². The second-order valence-corrected chi connectivity index (χ2v) is 21.0. The van der Waals surface area contributed by atoms with Gasteiger partial charge in [-0.15, -0.1) is 0 Å². The number of hydrogen-bond acceptors (Lipinski definition) is 11. The van der Waals surface area contributed by atoms with Crippen LogP contribution in [0.3, 0.4) is 0 Å². The number of hydrogen-bond donors (Lipinski definition) is 9. The van der Waals surface area contributed by atoms with Crippen LogP contribution in [0, 0.1) is 0 Å². The average molecular weight is 1000 g/mol. The minimum absolute atomic E-state index is 0.262. The zero-order valence-electron chi connectivity index (χ0n) is 43.2. The van der Waals surface area contributed by atoms with Gasteiger partial charge in [-0.3, -0.25) is 13.8 Å². The third-order valence-electron chi connectivity index (χ3n) is 13.1. The Kier molecular flexibility index (Phi) is 41.4. The first kappa shape index (κ1) is 65.3. The summed E-state index contributed by atoms with van der Waals surface area (Å²) < 4.78 is 23.0. The fraction of sp³-hybridized carbons (Fsp3) is 0.836. The number of aliphatic hydroxyl groups excluding tert-OH is 7. The number of carbonyl (C=O) groups excluding carboxylic acids is 1. The summed E-state index contributed by atoms with van der Waals surface area (Å²) in [7, 11) is -5.16. The number of carbonyl (C=O) groups is 1. The number of amides is 1. The van der Waals surface area contributed by atoms with Gasteiger partial charge in [-0.1, -0.05) is 204 Å². The lowest BCUT2D eigenvalue weighted by atomic mass is 9.85. The molecule has 1 rings (SSSR count). The van der Waals surface area contributed by atoms with E-state index in [0.29, 0.717) is 19.3 Å². The number of phosphoric acid groups is 1. The second-order valence-electron chi connectivity index (χ2n) is 19.6. The molecule has 1 aliphatic rings. The Balaban J connectivity index is 2.50. The minimum Gasteiger partial charge on any atom is -0.393 e. The summed E-state index contributed by atoms with van der Waals surface area (Å²) in [4.78, 5) is 23.5. The van der Waals surface area contributed by atoms with Gasteiger partial charge in [0.15, 0.2) is 0 Å². The van der Waals surface area contributed by atoms with Crippen LogP contribution in [0.2, 0.25) is 0 Å². The van der Waals surface area contributed by atoms with Gasteiger partial charge in [0.1, 0.15) is 36.6 Å². The van der Waals surface area contributed by atoms with Gasteiger partial charge in [0.2, 0.25) is 5.91 Å². The first-order chi connectivity index (χ1) is 33.3. The van der Waals surface area contributed by atoms with Crippen LogP contribution in [0.15, 0.2) is 48.6 Å². The summed E-state index contributed by atoms with van der Waals surface area (Å²) in [6.07, 6.45) is 40.5. The molecule has 404 valence electrons. The number of phosphoric ester groups is 1. The highest BCUT2D eigenvalue weighted by molar-refractivity contribution is 7.47. The van der Waals surface area contributed by atoms with Crippen molar-refractivity contribution in [3.05, 3.63) is 48.6 Å². The monoisotopic (exact) mass is 1000 g/mol. The molecule has 8 atom stereocenters. The van der Waals surface area contributed by atoms with Crippen LogP contribution in [0.1, 0.15) is 232 Å². The first-order valence-electron chi connectivity index (χ1n) is 27.7. The molecular formula is C55H102NO12P. The van der Waals surface area contributed by atoms with Crippen molar-refractivity contribution in [2.75, 3.05) is 6.61 Å². The van der Waals surface area contributed by atoms with Crippen molar-refractivity contribution >= 4 is 13.7 Å². The zero-order valence-corrected chi connectivity index (χ0v) is 44.1. The van der Waals surface area contributed by atoms with Gasteiger partial charge >= 0.3 is 7.82 Å². The Hall–Kier alpha value is -1.74. The van der Waals surface area contributed by atoms with E-state index < -0.39 is 75.2 Å². The van der Waals surface area contributed by atoms with E-state index in [1.165, 1.54) is 134 Å². The molecule has 14 heteroatoms. The third kappa shape index (κ3) is 35.1. The van der Waals surface area contributed by atoms with Crippen LogP contribution in [-0.4, -0.2) is 108 Å². The predicted molar refractivity (Wildman–Crippen MR) is 280 cm³/mol. The van der Waals surface area contributed by atoms with Crippen molar-refractivity contribution in [3.63, 3.8) is 0 Å². The number of unbranched alkanes of at least 4 members (excludes halogenated alkanes) is 27. The normalized spacial score (nSPS) is 22.3. The molecule has 9 N–H and O–H groups in total. The van der Waals surface area contributed by atoms with E-state index in [4.69, 9.17) is 9.05 Å². The fourth-order valence-corrected chi connectivity index (χ4v) is 9.59. The van der Waals surface area contributed by atoms with Gasteiger partial charge in [-0.05, 0) is 70.6 Å². The summed E-state index contributed by atoms with van der Waals surface area (Å²) in [5, 5.41) is 74.8. The van der Waals surface area contributed by atoms with Gasteiger partial charge in [0.05, 0.1) is 31.3 Å². The summed E-state index contributed by atoms with van der Waals surface area (Å²) in [6.45, 7) is 3.75. The van der Waals surface area contributed by atoms with Crippen LogP contribution in [0.5, 0.6) is 0 Å². The van der Waals surface area contributed by atoms with Crippen LogP contribution in [0.4, 0.5) is 0 Å². The standard InChI is InChI=1S/C55H102NO12P/c1-3-5-7-9-11-13-15-17-19-21-23-24-25-27-29-31-33-35-37-39-41-43-48(58)47(45-67-69(65,66)68-55-53(63)51(61)50(60)52(62)54(55)64)56-49(59)44-46(57)42-40-38-36-34-32-30-28-26-22-20-18-16-14-12-10-8-6-4-2/h25-28,33,35,41,43,46-48,50-55,57-58,60-64H,3-24,29-32,34,36-40,42,44-45H2,1-2H3,(H,56,59)(H,65,66)/b27-25+,28-26-,35-33+,43-41+. The van der Waals surface area contributed by atoms with Gasteiger partial charge in [0, 0.05) is 0 Å². The Morgan fingerprint density at radius 3 is 1.28 bits per heavy atom. The van der Waals surface area contributed by atoms with Crippen LogP contribution in [-0.2, 0) is 18.4 Å². The Morgan fingerprint density at radius 1 is 0.507 bits per heavy atom. The highest BCUT2D eigenvalue weighted by Gasteiger charge is 2.51. The number of rotatable bonds is 46. The maximum absolute atomic E-state index is 13.1. The molecule has 1 saturated carbocycles. The molecule has 0 aromatic heterocycles. The molecule has 69 heavy (non-hydrogen) atoms. The van der Waals surface area contributed by atoms with Crippen LogP contribution >= 0.6 is 7.82 Å². The summed E-state index contributed by atoms with van der Waals surface area (Å²) in [5.74, 6) is -0.611. The van der Waals surface area contributed by atoms with E-state index in [0.717, 1.165) is 64.2 Å². The van der Waals surface area contributed by atoms with Crippen molar-refractivity contribution in [1.82, 2.24) is 5.32 Å². The smallest absolute Gasteiger partial charge is 0.393 e.